The summed E-state index contributed by atoms with van der Waals surface area (Å²) in [4.78, 5) is 27.2. The van der Waals surface area contributed by atoms with Gasteiger partial charge in [-0.05, 0) is 20.8 Å². The lowest BCUT2D eigenvalue weighted by Crippen LogP contribution is -2.63. The van der Waals surface area contributed by atoms with E-state index in [4.69, 9.17) is 9.47 Å². The Morgan fingerprint density at radius 1 is 1.26 bits per heavy atom. The van der Waals surface area contributed by atoms with Crippen LogP contribution >= 0.6 is 0 Å². The number of rotatable bonds is 3. The van der Waals surface area contributed by atoms with Gasteiger partial charge in [-0.1, -0.05) is 12.7 Å². The van der Waals surface area contributed by atoms with Crippen LogP contribution in [0.5, 0.6) is 0 Å². The van der Waals surface area contributed by atoms with Crippen molar-refractivity contribution in [2.24, 2.45) is 11.3 Å². The fourth-order valence-corrected chi connectivity index (χ4v) is 3.17. The van der Waals surface area contributed by atoms with Crippen molar-refractivity contribution in [2.75, 3.05) is 39.4 Å². The maximum atomic E-state index is 12.1. The van der Waals surface area contributed by atoms with Gasteiger partial charge in [0.25, 0.3) is 0 Å². The Hall–Kier alpha value is -1.76. The average molecular weight is 326 g/mol. The van der Waals surface area contributed by atoms with E-state index < -0.39 is 11.7 Å². The van der Waals surface area contributed by atoms with E-state index in [-0.39, 0.29) is 30.6 Å². The van der Waals surface area contributed by atoms with Crippen LogP contribution in [0.3, 0.4) is 0 Å². The average Bonchev–Trinajstić information content (AvgIpc) is 2.80. The Morgan fingerprint density at radius 3 is 2.39 bits per heavy atom. The second-order valence-corrected chi connectivity index (χ2v) is 7.32. The molecule has 0 bridgehead atoms. The Labute approximate surface area is 136 Å². The van der Waals surface area contributed by atoms with Crippen molar-refractivity contribution in [3.63, 3.8) is 0 Å². The summed E-state index contributed by atoms with van der Waals surface area (Å²) in [5.74, 6) is -0.0579. The van der Waals surface area contributed by atoms with E-state index in [9.17, 15) is 14.7 Å². The molecule has 0 aromatic heterocycles. The first-order chi connectivity index (χ1) is 10.7. The summed E-state index contributed by atoms with van der Waals surface area (Å²) in [6.07, 6.45) is 0.754. The normalized spacial score (nSPS) is 22.7. The lowest BCUT2D eigenvalue weighted by Gasteiger charge is -2.50. The van der Waals surface area contributed by atoms with Crippen LogP contribution in [0.25, 0.3) is 0 Å². The van der Waals surface area contributed by atoms with E-state index in [1.807, 2.05) is 20.8 Å². The molecule has 0 aliphatic carbocycles. The fourth-order valence-electron chi connectivity index (χ4n) is 3.17. The number of carbonyl (C=O) groups excluding carboxylic acids is 2. The number of hydrogen-bond donors (Lipinski definition) is 1. The quantitative estimate of drug-likeness (QED) is 0.795. The molecule has 1 spiro atoms. The van der Waals surface area contributed by atoms with Crippen molar-refractivity contribution in [1.29, 1.82) is 0 Å². The summed E-state index contributed by atoms with van der Waals surface area (Å²) in [5.41, 5.74) is -0.800. The molecule has 2 heterocycles. The molecule has 1 N–H and O–H groups in total. The molecule has 2 fully saturated rings. The molecule has 2 saturated heterocycles. The molecule has 0 radical (unpaired) electrons. The molecule has 2 rings (SSSR count). The van der Waals surface area contributed by atoms with Crippen LogP contribution in [0.1, 0.15) is 20.8 Å². The standard InChI is InChI=1S/C16H26N2O5/c1-5-6-22-13(20)17-7-12(8-19)16(9-17)10-18(11-16)14(21)23-15(2,3)4/h5,12,19H,1,6-11H2,2-4H3/t12-/m0/s1. The number of nitrogens with zero attached hydrogens (tertiary/aromatic N) is 2. The molecule has 2 amide bonds. The van der Waals surface area contributed by atoms with Crippen molar-refractivity contribution in [2.45, 2.75) is 26.4 Å². The first kappa shape index (κ1) is 17.6. The molecule has 0 aromatic carbocycles. The maximum Gasteiger partial charge on any atom is 0.410 e. The van der Waals surface area contributed by atoms with Gasteiger partial charge < -0.3 is 24.4 Å². The predicted molar refractivity (Wildman–Crippen MR) is 83.9 cm³/mol. The van der Waals surface area contributed by atoms with Crippen LogP contribution in [-0.4, -0.2) is 72.1 Å². The van der Waals surface area contributed by atoms with Gasteiger partial charge in [-0.25, -0.2) is 9.59 Å². The van der Waals surface area contributed by atoms with Crippen molar-refractivity contribution < 1.29 is 24.2 Å². The first-order valence-corrected chi connectivity index (χ1v) is 7.82. The van der Waals surface area contributed by atoms with E-state index >= 15 is 0 Å². The Bertz CT molecular complexity index is 479. The van der Waals surface area contributed by atoms with Gasteiger partial charge in [0.05, 0.1) is 0 Å². The van der Waals surface area contributed by atoms with Gasteiger partial charge in [0.2, 0.25) is 0 Å². The number of ether oxygens (including phenoxy) is 2. The topological polar surface area (TPSA) is 79.3 Å². The summed E-state index contributed by atoms with van der Waals surface area (Å²) in [5, 5.41) is 9.62. The van der Waals surface area contributed by atoms with Gasteiger partial charge in [-0.3, -0.25) is 0 Å². The highest BCUT2D eigenvalue weighted by Gasteiger charge is 2.56. The number of carbonyl (C=O) groups is 2. The molecular formula is C16H26N2O5. The van der Waals surface area contributed by atoms with Crippen LogP contribution in [0, 0.1) is 11.3 Å². The summed E-state index contributed by atoms with van der Waals surface area (Å²) < 4.78 is 10.4. The maximum absolute atomic E-state index is 12.1. The fraction of sp³-hybridized carbons (Fsp3) is 0.750. The van der Waals surface area contributed by atoms with Gasteiger partial charge in [-0.15, -0.1) is 0 Å². The zero-order valence-corrected chi connectivity index (χ0v) is 14.1. The smallest absolute Gasteiger partial charge is 0.410 e. The minimum Gasteiger partial charge on any atom is -0.445 e. The number of aliphatic hydroxyl groups excluding tert-OH is 1. The first-order valence-electron chi connectivity index (χ1n) is 7.82. The predicted octanol–water partition coefficient (Wildman–Crippen LogP) is 1.47. The largest absolute Gasteiger partial charge is 0.445 e. The minimum atomic E-state index is -0.535. The van der Waals surface area contributed by atoms with E-state index in [0.29, 0.717) is 26.2 Å². The van der Waals surface area contributed by atoms with Gasteiger partial charge >= 0.3 is 12.2 Å². The highest BCUT2D eigenvalue weighted by atomic mass is 16.6. The summed E-state index contributed by atoms with van der Waals surface area (Å²) in [7, 11) is 0. The Kier molecular flexibility index (Phi) is 4.89. The van der Waals surface area contributed by atoms with Crippen molar-refractivity contribution in [1.82, 2.24) is 9.80 Å². The Balaban J connectivity index is 1.94. The van der Waals surface area contributed by atoms with Crippen molar-refractivity contribution in [3.8, 4) is 0 Å². The van der Waals surface area contributed by atoms with Crippen LogP contribution in [0.4, 0.5) is 9.59 Å². The number of hydrogen-bond acceptors (Lipinski definition) is 5. The molecule has 7 heteroatoms. The van der Waals surface area contributed by atoms with E-state index in [0.717, 1.165) is 0 Å². The molecular weight excluding hydrogens is 300 g/mol. The minimum absolute atomic E-state index is 0.0204. The van der Waals surface area contributed by atoms with Crippen LogP contribution in [-0.2, 0) is 9.47 Å². The second-order valence-electron chi connectivity index (χ2n) is 7.32. The summed E-state index contributed by atoms with van der Waals surface area (Å²) in [6.45, 7) is 11.0. The summed E-state index contributed by atoms with van der Waals surface area (Å²) >= 11 is 0. The zero-order valence-electron chi connectivity index (χ0n) is 14.1. The number of likely N-dealkylation sites (tertiary alicyclic amines) is 2. The molecule has 0 aromatic rings. The monoisotopic (exact) mass is 326 g/mol. The molecule has 2 aliphatic rings. The van der Waals surface area contributed by atoms with Crippen LogP contribution in [0.15, 0.2) is 12.7 Å². The lowest BCUT2D eigenvalue weighted by molar-refractivity contribution is -0.0528. The molecule has 0 saturated carbocycles. The molecule has 7 nitrogen and oxygen atoms in total. The molecule has 0 unspecified atom stereocenters. The third-order valence-electron chi connectivity index (χ3n) is 4.28. The van der Waals surface area contributed by atoms with E-state index in [2.05, 4.69) is 6.58 Å². The van der Waals surface area contributed by atoms with Crippen LogP contribution < -0.4 is 0 Å². The zero-order chi connectivity index (χ0) is 17.3. The SMILES string of the molecule is C=CCOC(=O)N1C[C@@H](CO)C2(C1)CN(C(=O)OC(C)(C)C)C2. The van der Waals surface area contributed by atoms with Crippen molar-refractivity contribution in [3.05, 3.63) is 12.7 Å². The molecule has 130 valence electrons. The van der Waals surface area contributed by atoms with Crippen LogP contribution in [0.2, 0.25) is 0 Å². The molecule has 23 heavy (non-hydrogen) atoms. The lowest BCUT2D eigenvalue weighted by atomic mass is 9.72. The van der Waals surface area contributed by atoms with Gasteiger partial charge in [0.1, 0.15) is 12.2 Å². The second kappa shape index (κ2) is 6.39. The van der Waals surface area contributed by atoms with E-state index in [1.54, 1.807) is 9.80 Å². The highest BCUT2D eigenvalue weighted by molar-refractivity contribution is 5.71. The summed E-state index contributed by atoms with van der Waals surface area (Å²) in [6, 6.07) is 0. The van der Waals surface area contributed by atoms with Gasteiger partial charge in [0, 0.05) is 44.1 Å². The highest BCUT2D eigenvalue weighted by Crippen LogP contribution is 2.44. The molecule has 2 aliphatic heterocycles. The van der Waals surface area contributed by atoms with Gasteiger partial charge in [0.15, 0.2) is 0 Å². The number of aliphatic hydroxyl groups is 1. The van der Waals surface area contributed by atoms with Crippen molar-refractivity contribution >= 4 is 12.2 Å². The Morgan fingerprint density at radius 2 is 1.87 bits per heavy atom. The van der Waals surface area contributed by atoms with E-state index in [1.165, 1.54) is 6.08 Å². The number of amides is 2. The van der Waals surface area contributed by atoms with Gasteiger partial charge in [-0.2, -0.15) is 0 Å². The molecule has 1 atom stereocenters. The third-order valence-corrected chi connectivity index (χ3v) is 4.28. The third kappa shape index (κ3) is 3.77.